The first kappa shape index (κ1) is 23.0. The van der Waals surface area contributed by atoms with Crippen molar-refractivity contribution in [2.75, 3.05) is 24.4 Å². The van der Waals surface area contributed by atoms with Gasteiger partial charge in [0.2, 0.25) is 0 Å². The number of amides is 2. The van der Waals surface area contributed by atoms with E-state index in [0.29, 0.717) is 5.69 Å². The Morgan fingerprint density at radius 1 is 0.812 bits per heavy atom. The van der Waals surface area contributed by atoms with Gasteiger partial charge >= 0.3 is 0 Å². The lowest BCUT2D eigenvalue weighted by Gasteiger charge is -2.19. The molecule has 32 heavy (non-hydrogen) atoms. The van der Waals surface area contributed by atoms with Crippen molar-refractivity contribution in [1.82, 2.24) is 10.6 Å². The molecule has 0 aromatic heterocycles. The van der Waals surface area contributed by atoms with Crippen LogP contribution in [0.4, 0.5) is 10.1 Å². The van der Waals surface area contributed by atoms with E-state index in [9.17, 15) is 22.4 Å². The van der Waals surface area contributed by atoms with E-state index in [0.717, 1.165) is 0 Å². The summed E-state index contributed by atoms with van der Waals surface area (Å²) >= 11 is 0. The van der Waals surface area contributed by atoms with Crippen LogP contribution < -0.4 is 14.9 Å². The Kier molecular flexibility index (Phi) is 7.21. The molecule has 0 bridgehead atoms. The van der Waals surface area contributed by atoms with Crippen molar-refractivity contribution in [3.8, 4) is 0 Å². The molecule has 0 heterocycles. The van der Waals surface area contributed by atoms with Crippen LogP contribution in [0.5, 0.6) is 0 Å². The Labute approximate surface area is 185 Å². The number of sulfonamides is 1. The molecule has 0 radical (unpaired) electrons. The minimum atomic E-state index is -3.77. The van der Waals surface area contributed by atoms with Gasteiger partial charge in [0.05, 0.1) is 16.1 Å². The number of rotatable bonds is 8. The van der Waals surface area contributed by atoms with Crippen LogP contribution >= 0.6 is 0 Å². The molecule has 0 aliphatic rings. The fourth-order valence-electron chi connectivity index (χ4n) is 2.91. The highest BCUT2D eigenvalue weighted by atomic mass is 32.2. The Morgan fingerprint density at radius 2 is 1.38 bits per heavy atom. The molecule has 0 aliphatic heterocycles. The molecule has 0 saturated heterocycles. The van der Waals surface area contributed by atoms with Crippen molar-refractivity contribution in [2.45, 2.75) is 4.90 Å². The van der Waals surface area contributed by atoms with E-state index in [1.165, 1.54) is 53.8 Å². The number of nitrogens with zero attached hydrogens (tertiary/aromatic N) is 1. The van der Waals surface area contributed by atoms with Gasteiger partial charge in [-0.2, -0.15) is 0 Å². The molecule has 2 amide bonds. The topological polar surface area (TPSA) is 95.6 Å². The van der Waals surface area contributed by atoms with Crippen molar-refractivity contribution in [1.29, 1.82) is 0 Å². The summed E-state index contributed by atoms with van der Waals surface area (Å²) < 4.78 is 40.3. The number of carbonyl (C=O) groups is 2. The van der Waals surface area contributed by atoms with Crippen LogP contribution in [0.2, 0.25) is 0 Å². The normalized spacial score (nSPS) is 10.9. The quantitative estimate of drug-likeness (QED) is 0.511. The summed E-state index contributed by atoms with van der Waals surface area (Å²) in [6, 6.07) is 19.8. The van der Waals surface area contributed by atoms with Crippen LogP contribution in [0.25, 0.3) is 0 Å². The molecule has 0 unspecified atom stereocenters. The van der Waals surface area contributed by atoms with Gasteiger partial charge in [0, 0.05) is 25.7 Å². The van der Waals surface area contributed by atoms with Crippen molar-refractivity contribution >= 4 is 27.5 Å². The first-order valence-corrected chi connectivity index (χ1v) is 11.2. The molecule has 3 aromatic rings. The van der Waals surface area contributed by atoms with E-state index in [1.807, 2.05) is 0 Å². The van der Waals surface area contributed by atoms with Crippen LogP contribution in [0.15, 0.2) is 83.8 Å². The van der Waals surface area contributed by atoms with Crippen molar-refractivity contribution in [2.24, 2.45) is 0 Å². The lowest BCUT2D eigenvalue weighted by Crippen LogP contribution is -2.35. The molecule has 7 nitrogen and oxygen atoms in total. The molecule has 2 N–H and O–H groups in total. The third-order valence-corrected chi connectivity index (χ3v) is 6.51. The van der Waals surface area contributed by atoms with Gasteiger partial charge in [0.1, 0.15) is 5.82 Å². The second-order valence-corrected chi connectivity index (χ2v) is 8.79. The van der Waals surface area contributed by atoms with Gasteiger partial charge in [0.25, 0.3) is 21.8 Å². The predicted octanol–water partition coefficient (Wildman–Crippen LogP) is 2.81. The molecule has 0 fully saturated rings. The average molecular weight is 456 g/mol. The van der Waals surface area contributed by atoms with Gasteiger partial charge in [-0.3, -0.25) is 13.9 Å². The largest absolute Gasteiger partial charge is 0.350 e. The Bertz CT molecular complexity index is 1200. The minimum absolute atomic E-state index is 0.0533. The molecule has 3 aromatic carbocycles. The Balaban J connectivity index is 1.55. The van der Waals surface area contributed by atoms with Gasteiger partial charge in [-0.15, -0.1) is 0 Å². The minimum Gasteiger partial charge on any atom is -0.350 e. The number of anilines is 1. The monoisotopic (exact) mass is 455 g/mol. The van der Waals surface area contributed by atoms with Gasteiger partial charge in [-0.25, -0.2) is 12.8 Å². The molecule has 0 aliphatic carbocycles. The number of benzene rings is 3. The highest BCUT2D eigenvalue weighted by Crippen LogP contribution is 2.21. The summed E-state index contributed by atoms with van der Waals surface area (Å²) in [5.74, 6) is -1.62. The zero-order valence-electron chi connectivity index (χ0n) is 17.3. The van der Waals surface area contributed by atoms with Crippen molar-refractivity contribution < 1.29 is 22.4 Å². The summed E-state index contributed by atoms with van der Waals surface area (Å²) in [5, 5.41) is 5.15. The van der Waals surface area contributed by atoms with Gasteiger partial charge < -0.3 is 10.6 Å². The SMILES string of the molecule is CN(c1ccccc1)S(=O)(=O)c1ccc(C(=O)NCCNC(=O)c2ccccc2F)cc1. The number of hydrogen-bond donors (Lipinski definition) is 2. The average Bonchev–Trinajstić information content (AvgIpc) is 2.82. The molecule has 9 heteroatoms. The van der Waals surface area contributed by atoms with E-state index in [2.05, 4.69) is 10.6 Å². The van der Waals surface area contributed by atoms with Crippen LogP contribution in [0.1, 0.15) is 20.7 Å². The highest BCUT2D eigenvalue weighted by molar-refractivity contribution is 7.92. The zero-order valence-corrected chi connectivity index (χ0v) is 18.1. The molecule has 0 spiro atoms. The van der Waals surface area contributed by atoms with Gasteiger partial charge in [0.15, 0.2) is 0 Å². The van der Waals surface area contributed by atoms with Gasteiger partial charge in [-0.05, 0) is 48.5 Å². The smallest absolute Gasteiger partial charge is 0.264 e. The third-order valence-electron chi connectivity index (χ3n) is 4.71. The molecule has 166 valence electrons. The predicted molar refractivity (Wildman–Crippen MR) is 120 cm³/mol. The van der Waals surface area contributed by atoms with Crippen molar-refractivity contribution in [3.05, 3.63) is 95.8 Å². The molecule has 0 atom stereocenters. The fraction of sp³-hybridized carbons (Fsp3) is 0.130. The molecule has 3 rings (SSSR count). The summed E-state index contributed by atoms with van der Waals surface area (Å²) in [5.41, 5.74) is 0.717. The van der Waals surface area contributed by atoms with Crippen LogP contribution in [0, 0.1) is 5.82 Å². The Hall–Kier alpha value is -3.72. The zero-order chi connectivity index (χ0) is 23.1. The summed E-state index contributed by atoms with van der Waals surface area (Å²) in [6.07, 6.45) is 0. The lowest BCUT2D eigenvalue weighted by atomic mass is 10.2. The van der Waals surface area contributed by atoms with E-state index >= 15 is 0 Å². The summed E-state index contributed by atoms with van der Waals surface area (Å²) in [4.78, 5) is 24.3. The van der Waals surface area contributed by atoms with Crippen molar-refractivity contribution in [3.63, 3.8) is 0 Å². The lowest BCUT2D eigenvalue weighted by molar-refractivity contribution is 0.0925. The summed E-state index contributed by atoms with van der Waals surface area (Å²) in [6.45, 7) is 0.225. The number of nitrogens with one attached hydrogen (secondary N) is 2. The second-order valence-electron chi connectivity index (χ2n) is 6.82. The molecular formula is C23H22FN3O4S. The number of para-hydroxylation sites is 1. The van der Waals surface area contributed by atoms with E-state index in [-0.39, 0.29) is 29.1 Å². The maximum absolute atomic E-state index is 13.6. The van der Waals surface area contributed by atoms with Gasteiger partial charge in [-0.1, -0.05) is 30.3 Å². The molecular weight excluding hydrogens is 433 g/mol. The first-order chi connectivity index (χ1) is 15.3. The third kappa shape index (κ3) is 5.30. The highest BCUT2D eigenvalue weighted by Gasteiger charge is 2.21. The van der Waals surface area contributed by atoms with E-state index in [1.54, 1.807) is 36.4 Å². The van der Waals surface area contributed by atoms with E-state index < -0.39 is 27.7 Å². The number of hydrogen-bond acceptors (Lipinski definition) is 4. The summed E-state index contributed by atoms with van der Waals surface area (Å²) in [7, 11) is -2.31. The second kappa shape index (κ2) is 10.1. The molecule has 0 saturated carbocycles. The number of halogens is 1. The Morgan fingerprint density at radius 3 is 2.00 bits per heavy atom. The first-order valence-electron chi connectivity index (χ1n) is 9.75. The van der Waals surface area contributed by atoms with Crippen LogP contribution in [-0.2, 0) is 10.0 Å². The maximum Gasteiger partial charge on any atom is 0.264 e. The fourth-order valence-corrected chi connectivity index (χ4v) is 4.10. The van der Waals surface area contributed by atoms with Crippen LogP contribution in [0.3, 0.4) is 0 Å². The maximum atomic E-state index is 13.6. The van der Waals surface area contributed by atoms with Crippen LogP contribution in [-0.4, -0.2) is 40.4 Å². The standard InChI is InChI=1S/C23H22FN3O4S/c1-27(18-7-3-2-4-8-18)32(30,31)19-13-11-17(12-14-19)22(28)25-15-16-26-23(29)20-9-5-6-10-21(20)24/h2-14H,15-16H2,1H3,(H,25,28)(H,26,29). The van der Waals surface area contributed by atoms with E-state index in [4.69, 9.17) is 0 Å². The number of carbonyl (C=O) groups excluding carboxylic acids is 2.